The fourth-order valence-electron chi connectivity index (χ4n) is 1.03. The topological polar surface area (TPSA) is 78.9 Å². The van der Waals surface area contributed by atoms with E-state index in [1.165, 1.54) is 0 Å². The van der Waals surface area contributed by atoms with Gasteiger partial charge in [0, 0.05) is 12.2 Å². The predicted molar refractivity (Wildman–Crippen MR) is 57.7 cm³/mol. The average molecular weight is 203 g/mol. The third-order valence-corrected chi connectivity index (χ3v) is 2.04. The second-order valence-corrected chi connectivity index (χ2v) is 3.24. The number of nitrogens with zero attached hydrogens (tertiary/aromatic N) is 1. The minimum Gasteiger partial charge on any atom is -0.326 e. The predicted octanol–water partition coefficient (Wildman–Crippen LogP) is 1.24. The van der Waals surface area contributed by atoms with Gasteiger partial charge in [-0.15, -0.1) is 0 Å². The molecule has 1 aromatic rings. The number of carbonyl (C=O) groups is 1. The Bertz CT molecular complexity index is 378. The zero-order chi connectivity index (χ0) is 11.3. The van der Waals surface area contributed by atoms with Crippen molar-refractivity contribution in [2.75, 3.05) is 5.32 Å². The lowest BCUT2D eigenvalue weighted by molar-refractivity contribution is -0.117. The van der Waals surface area contributed by atoms with Gasteiger partial charge in [-0.25, -0.2) is 0 Å². The third-order valence-electron chi connectivity index (χ3n) is 2.04. The van der Waals surface area contributed by atoms with E-state index in [1.54, 1.807) is 19.1 Å². The van der Waals surface area contributed by atoms with E-state index in [0.717, 1.165) is 5.56 Å². The molecule has 0 spiro atoms. The van der Waals surface area contributed by atoms with E-state index in [4.69, 9.17) is 11.0 Å². The lowest BCUT2D eigenvalue weighted by Gasteiger charge is -2.06. The van der Waals surface area contributed by atoms with Crippen LogP contribution in [0.2, 0.25) is 0 Å². The molecule has 1 atom stereocenters. The van der Waals surface area contributed by atoms with Crippen LogP contribution in [0.5, 0.6) is 0 Å². The number of amides is 1. The van der Waals surface area contributed by atoms with Crippen LogP contribution in [-0.4, -0.2) is 5.91 Å². The Labute approximate surface area is 88.7 Å². The second-order valence-electron chi connectivity index (χ2n) is 3.24. The van der Waals surface area contributed by atoms with E-state index < -0.39 is 5.92 Å². The number of benzene rings is 1. The van der Waals surface area contributed by atoms with Gasteiger partial charge in [-0.05, 0) is 24.6 Å². The van der Waals surface area contributed by atoms with Crippen molar-refractivity contribution in [3.05, 3.63) is 29.8 Å². The normalized spacial score (nSPS) is 11.5. The van der Waals surface area contributed by atoms with E-state index in [0.29, 0.717) is 12.2 Å². The van der Waals surface area contributed by atoms with E-state index >= 15 is 0 Å². The summed E-state index contributed by atoms with van der Waals surface area (Å²) in [4.78, 5) is 11.3. The van der Waals surface area contributed by atoms with E-state index in [1.807, 2.05) is 18.2 Å². The number of hydrogen-bond acceptors (Lipinski definition) is 3. The summed E-state index contributed by atoms with van der Waals surface area (Å²) >= 11 is 0. The number of carbonyl (C=O) groups excluding carboxylic acids is 1. The minimum atomic E-state index is -0.640. The van der Waals surface area contributed by atoms with Gasteiger partial charge in [0.25, 0.3) is 0 Å². The van der Waals surface area contributed by atoms with Gasteiger partial charge in [0.05, 0.1) is 6.07 Å². The summed E-state index contributed by atoms with van der Waals surface area (Å²) < 4.78 is 0. The molecule has 1 amide bonds. The standard InChI is InChI=1S/C11H13N3O/c1-8(6-12)11(15)14-10-4-2-9(7-13)3-5-10/h2-5,8H,7,13H2,1H3,(H,14,15). The molecule has 0 fully saturated rings. The van der Waals surface area contributed by atoms with Crippen molar-refractivity contribution in [1.82, 2.24) is 0 Å². The van der Waals surface area contributed by atoms with Gasteiger partial charge in [0.15, 0.2) is 0 Å². The molecule has 0 saturated heterocycles. The Morgan fingerprint density at radius 1 is 1.53 bits per heavy atom. The molecule has 0 aliphatic heterocycles. The van der Waals surface area contributed by atoms with Crippen molar-refractivity contribution in [2.24, 2.45) is 11.7 Å². The molecule has 0 aliphatic rings. The van der Waals surface area contributed by atoms with Crippen molar-refractivity contribution < 1.29 is 4.79 Å². The molecule has 4 nitrogen and oxygen atoms in total. The summed E-state index contributed by atoms with van der Waals surface area (Å²) in [5, 5.41) is 11.2. The third kappa shape index (κ3) is 3.08. The van der Waals surface area contributed by atoms with Gasteiger partial charge in [-0.1, -0.05) is 12.1 Å². The first-order chi connectivity index (χ1) is 7.17. The number of rotatable bonds is 3. The molecule has 4 heteroatoms. The smallest absolute Gasteiger partial charge is 0.241 e. The van der Waals surface area contributed by atoms with E-state index in [-0.39, 0.29) is 5.91 Å². The maximum Gasteiger partial charge on any atom is 0.241 e. The van der Waals surface area contributed by atoms with Gasteiger partial charge < -0.3 is 11.1 Å². The van der Waals surface area contributed by atoms with Crippen LogP contribution in [0.3, 0.4) is 0 Å². The quantitative estimate of drug-likeness (QED) is 0.775. The fourth-order valence-corrected chi connectivity index (χ4v) is 1.03. The Morgan fingerprint density at radius 2 is 2.13 bits per heavy atom. The summed E-state index contributed by atoms with van der Waals surface area (Å²) in [5.74, 6) is -0.933. The van der Waals surface area contributed by atoms with Crippen molar-refractivity contribution in [2.45, 2.75) is 13.5 Å². The molecule has 0 aromatic heterocycles. The molecule has 0 radical (unpaired) electrons. The number of anilines is 1. The highest BCUT2D eigenvalue weighted by Gasteiger charge is 2.10. The molecular formula is C11H13N3O. The maximum absolute atomic E-state index is 11.3. The molecule has 1 aromatic carbocycles. The van der Waals surface area contributed by atoms with Crippen LogP contribution in [0.25, 0.3) is 0 Å². The Morgan fingerprint density at radius 3 is 2.60 bits per heavy atom. The molecule has 1 unspecified atom stereocenters. The van der Waals surface area contributed by atoms with Gasteiger partial charge in [-0.2, -0.15) is 5.26 Å². The SMILES string of the molecule is CC(C#N)C(=O)Nc1ccc(CN)cc1. The first kappa shape index (κ1) is 11.2. The largest absolute Gasteiger partial charge is 0.326 e. The van der Waals surface area contributed by atoms with Gasteiger partial charge >= 0.3 is 0 Å². The number of nitrogens with two attached hydrogens (primary N) is 1. The molecular weight excluding hydrogens is 190 g/mol. The zero-order valence-corrected chi connectivity index (χ0v) is 8.53. The summed E-state index contributed by atoms with van der Waals surface area (Å²) in [6.07, 6.45) is 0. The highest BCUT2D eigenvalue weighted by Crippen LogP contribution is 2.10. The van der Waals surface area contributed by atoms with Crippen LogP contribution in [0.4, 0.5) is 5.69 Å². The molecule has 0 bridgehead atoms. The van der Waals surface area contributed by atoms with E-state index in [9.17, 15) is 4.79 Å². The summed E-state index contributed by atoms with van der Waals surface area (Å²) in [6.45, 7) is 2.03. The number of hydrogen-bond donors (Lipinski definition) is 2. The van der Waals surface area contributed by atoms with Gasteiger partial charge in [0.1, 0.15) is 5.92 Å². The van der Waals surface area contributed by atoms with Crippen LogP contribution in [0, 0.1) is 17.2 Å². The average Bonchev–Trinajstić information content (AvgIpc) is 2.29. The number of nitrogens with one attached hydrogen (secondary N) is 1. The summed E-state index contributed by atoms with van der Waals surface area (Å²) in [6, 6.07) is 9.09. The number of nitriles is 1. The van der Waals surface area contributed by atoms with Gasteiger partial charge in [-0.3, -0.25) is 4.79 Å². The summed E-state index contributed by atoms with van der Waals surface area (Å²) in [5.41, 5.74) is 7.12. The molecule has 0 aliphatic carbocycles. The lowest BCUT2D eigenvalue weighted by atomic mass is 10.1. The molecule has 78 valence electrons. The summed E-state index contributed by atoms with van der Waals surface area (Å²) in [7, 11) is 0. The van der Waals surface area contributed by atoms with Crippen molar-refractivity contribution >= 4 is 11.6 Å². The molecule has 3 N–H and O–H groups in total. The highest BCUT2D eigenvalue weighted by molar-refractivity contribution is 5.93. The maximum atomic E-state index is 11.3. The zero-order valence-electron chi connectivity index (χ0n) is 8.53. The Kier molecular flexibility index (Phi) is 3.83. The first-order valence-corrected chi connectivity index (χ1v) is 4.67. The minimum absolute atomic E-state index is 0.294. The van der Waals surface area contributed by atoms with Crippen LogP contribution in [-0.2, 0) is 11.3 Å². The van der Waals surface area contributed by atoms with Crippen LogP contribution in [0.1, 0.15) is 12.5 Å². The Hall–Kier alpha value is -1.86. The van der Waals surface area contributed by atoms with Crippen molar-refractivity contribution in [3.8, 4) is 6.07 Å². The molecule has 1 rings (SSSR count). The molecule has 0 saturated carbocycles. The van der Waals surface area contributed by atoms with E-state index in [2.05, 4.69) is 5.32 Å². The highest BCUT2D eigenvalue weighted by atomic mass is 16.1. The second kappa shape index (κ2) is 5.13. The van der Waals surface area contributed by atoms with Crippen LogP contribution < -0.4 is 11.1 Å². The van der Waals surface area contributed by atoms with Crippen molar-refractivity contribution in [1.29, 1.82) is 5.26 Å². The fraction of sp³-hybridized carbons (Fsp3) is 0.273. The molecule has 0 heterocycles. The van der Waals surface area contributed by atoms with Crippen molar-refractivity contribution in [3.63, 3.8) is 0 Å². The first-order valence-electron chi connectivity index (χ1n) is 4.67. The van der Waals surface area contributed by atoms with Crippen LogP contribution in [0.15, 0.2) is 24.3 Å². The van der Waals surface area contributed by atoms with Crippen LogP contribution >= 0.6 is 0 Å². The monoisotopic (exact) mass is 203 g/mol. The Balaban J connectivity index is 2.66. The lowest BCUT2D eigenvalue weighted by Crippen LogP contribution is -2.18. The van der Waals surface area contributed by atoms with Gasteiger partial charge in [0.2, 0.25) is 5.91 Å². The molecule has 15 heavy (non-hydrogen) atoms.